The van der Waals surface area contributed by atoms with Crippen LogP contribution in [-0.2, 0) is 11.2 Å². The maximum absolute atomic E-state index is 12.7. The Morgan fingerprint density at radius 1 is 1.13 bits per heavy atom. The Labute approximate surface area is 178 Å². The molecule has 152 valence electrons. The number of pyridine rings is 1. The van der Waals surface area contributed by atoms with E-state index in [1.54, 1.807) is 6.26 Å². The molecule has 1 fully saturated rings. The number of hydrogen-bond donors (Lipinski definition) is 1. The molecule has 0 bridgehead atoms. The molecule has 4 aromatic rings. The molecule has 30 heavy (non-hydrogen) atoms. The van der Waals surface area contributed by atoms with Gasteiger partial charge in [-0.25, -0.2) is 4.98 Å². The third-order valence-corrected chi connectivity index (χ3v) is 6.30. The zero-order chi connectivity index (χ0) is 20.3. The summed E-state index contributed by atoms with van der Waals surface area (Å²) in [6, 6.07) is 9.83. The van der Waals surface area contributed by atoms with Gasteiger partial charge in [-0.05, 0) is 49.6 Å². The van der Waals surface area contributed by atoms with Gasteiger partial charge in [0, 0.05) is 47.3 Å². The van der Waals surface area contributed by atoms with Gasteiger partial charge in [-0.1, -0.05) is 0 Å². The lowest BCUT2D eigenvalue weighted by molar-refractivity contribution is -0.115. The molecule has 5 rings (SSSR count). The summed E-state index contributed by atoms with van der Waals surface area (Å²) in [6.45, 7) is 2.15. The smallest absolute Gasteiger partial charge is 0.230 e. The Balaban J connectivity index is 1.35. The monoisotopic (exact) mass is 418 g/mol. The number of nitrogens with one attached hydrogen (secondary N) is 1. The van der Waals surface area contributed by atoms with Crippen molar-refractivity contribution in [3.05, 3.63) is 60.1 Å². The van der Waals surface area contributed by atoms with Crippen LogP contribution in [0.5, 0.6) is 0 Å². The molecule has 3 aromatic heterocycles. The second-order valence-electron chi connectivity index (χ2n) is 7.45. The normalized spacial score (nSPS) is 14.2. The van der Waals surface area contributed by atoms with Gasteiger partial charge in [-0.2, -0.15) is 0 Å². The van der Waals surface area contributed by atoms with Crippen molar-refractivity contribution in [3.8, 4) is 10.8 Å². The Morgan fingerprint density at radius 3 is 2.87 bits per heavy atom. The van der Waals surface area contributed by atoms with Crippen molar-refractivity contribution in [1.82, 2.24) is 9.97 Å². The molecule has 1 aliphatic rings. The fourth-order valence-corrected chi connectivity index (χ4v) is 4.74. The van der Waals surface area contributed by atoms with Gasteiger partial charge >= 0.3 is 0 Å². The molecule has 1 amide bonds. The van der Waals surface area contributed by atoms with Crippen LogP contribution < -0.4 is 10.2 Å². The van der Waals surface area contributed by atoms with Crippen molar-refractivity contribution < 1.29 is 9.21 Å². The number of fused-ring (bicyclic) bond motifs is 1. The van der Waals surface area contributed by atoms with E-state index in [2.05, 4.69) is 26.3 Å². The molecular formula is C23H22N4O2S. The predicted molar refractivity (Wildman–Crippen MR) is 120 cm³/mol. The number of carbonyl (C=O) groups is 1. The standard InChI is InChI=1S/C23H22N4O2S/c28-22(13-16-15-30-23(25-16)21-5-4-12-29-21)26-19-6-7-20(27-10-2-1-3-11-27)17-8-9-24-14-18(17)19/h4-9,12,14-15H,1-3,10-11,13H2,(H,26,28). The molecule has 0 saturated carbocycles. The summed E-state index contributed by atoms with van der Waals surface area (Å²) in [5.74, 6) is 0.624. The van der Waals surface area contributed by atoms with Gasteiger partial charge in [0.1, 0.15) is 0 Å². The molecule has 1 aliphatic heterocycles. The average molecular weight is 419 g/mol. The number of rotatable bonds is 5. The molecule has 6 nitrogen and oxygen atoms in total. The molecule has 7 heteroatoms. The maximum atomic E-state index is 12.7. The zero-order valence-electron chi connectivity index (χ0n) is 16.5. The summed E-state index contributed by atoms with van der Waals surface area (Å²) in [6.07, 6.45) is 9.21. The number of amides is 1. The molecule has 0 radical (unpaired) electrons. The molecule has 0 atom stereocenters. The number of benzene rings is 1. The van der Waals surface area contributed by atoms with Crippen LogP contribution in [0.15, 0.2) is 58.8 Å². The number of carbonyl (C=O) groups excluding carboxylic acids is 1. The predicted octanol–water partition coefficient (Wildman–Crippen LogP) is 5.12. The number of anilines is 2. The first kappa shape index (κ1) is 18.8. The second-order valence-corrected chi connectivity index (χ2v) is 8.31. The molecule has 1 N–H and O–H groups in total. The van der Waals surface area contributed by atoms with E-state index < -0.39 is 0 Å². The largest absolute Gasteiger partial charge is 0.462 e. The number of piperidine rings is 1. The van der Waals surface area contributed by atoms with Crippen LogP contribution in [0.25, 0.3) is 21.5 Å². The lowest BCUT2D eigenvalue weighted by atomic mass is 10.0. The maximum Gasteiger partial charge on any atom is 0.230 e. The van der Waals surface area contributed by atoms with Crippen LogP contribution in [0.3, 0.4) is 0 Å². The van der Waals surface area contributed by atoms with Crippen LogP contribution in [-0.4, -0.2) is 29.0 Å². The third kappa shape index (κ3) is 3.80. The van der Waals surface area contributed by atoms with Crippen molar-refractivity contribution in [2.45, 2.75) is 25.7 Å². The van der Waals surface area contributed by atoms with Crippen LogP contribution in [0.1, 0.15) is 25.0 Å². The second kappa shape index (κ2) is 8.28. The molecule has 1 saturated heterocycles. The molecule has 1 aromatic carbocycles. The lowest BCUT2D eigenvalue weighted by Crippen LogP contribution is -2.29. The van der Waals surface area contributed by atoms with E-state index in [1.807, 2.05) is 42.0 Å². The topological polar surface area (TPSA) is 71.3 Å². The minimum Gasteiger partial charge on any atom is -0.462 e. The minimum atomic E-state index is -0.0952. The van der Waals surface area contributed by atoms with Crippen molar-refractivity contribution in [2.75, 3.05) is 23.3 Å². The minimum absolute atomic E-state index is 0.0952. The highest BCUT2D eigenvalue weighted by molar-refractivity contribution is 7.13. The van der Waals surface area contributed by atoms with Gasteiger partial charge in [-0.3, -0.25) is 9.78 Å². The summed E-state index contributed by atoms with van der Waals surface area (Å²) in [5, 5.41) is 7.82. The number of aromatic nitrogens is 2. The van der Waals surface area contributed by atoms with E-state index in [9.17, 15) is 4.79 Å². The van der Waals surface area contributed by atoms with E-state index in [1.165, 1.54) is 36.3 Å². The molecule has 0 aliphatic carbocycles. The molecular weight excluding hydrogens is 396 g/mol. The first-order valence-electron chi connectivity index (χ1n) is 10.2. The summed E-state index contributed by atoms with van der Waals surface area (Å²) in [4.78, 5) is 23.9. The van der Waals surface area contributed by atoms with Gasteiger partial charge in [0.2, 0.25) is 5.91 Å². The fraction of sp³-hybridized carbons (Fsp3) is 0.261. The van der Waals surface area contributed by atoms with E-state index in [4.69, 9.17) is 4.42 Å². The van der Waals surface area contributed by atoms with Gasteiger partial charge < -0.3 is 14.6 Å². The Bertz CT molecular complexity index is 1160. The molecule has 0 spiro atoms. The van der Waals surface area contributed by atoms with Crippen LogP contribution in [0.2, 0.25) is 0 Å². The third-order valence-electron chi connectivity index (χ3n) is 5.39. The number of hydrogen-bond acceptors (Lipinski definition) is 6. The van der Waals surface area contributed by atoms with Crippen molar-refractivity contribution in [2.24, 2.45) is 0 Å². The Hall–Kier alpha value is -3.19. The van der Waals surface area contributed by atoms with Gasteiger partial charge in [0.25, 0.3) is 0 Å². The number of nitrogens with zero attached hydrogens (tertiary/aromatic N) is 3. The summed E-state index contributed by atoms with van der Waals surface area (Å²) in [7, 11) is 0. The van der Waals surface area contributed by atoms with Gasteiger partial charge in [-0.15, -0.1) is 11.3 Å². The van der Waals surface area contributed by atoms with E-state index in [0.29, 0.717) is 0 Å². The summed E-state index contributed by atoms with van der Waals surface area (Å²) < 4.78 is 5.38. The quantitative estimate of drug-likeness (QED) is 0.487. The Kier molecular flexibility index (Phi) is 5.19. The van der Waals surface area contributed by atoms with Crippen LogP contribution in [0.4, 0.5) is 11.4 Å². The van der Waals surface area contributed by atoms with E-state index in [-0.39, 0.29) is 12.3 Å². The average Bonchev–Trinajstić information content (AvgIpc) is 3.47. The fourth-order valence-electron chi connectivity index (χ4n) is 3.95. The summed E-state index contributed by atoms with van der Waals surface area (Å²) in [5.41, 5.74) is 2.73. The van der Waals surface area contributed by atoms with E-state index in [0.717, 1.165) is 46.0 Å². The summed E-state index contributed by atoms with van der Waals surface area (Å²) >= 11 is 1.48. The zero-order valence-corrected chi connectivity index (χ0v) is 17.3. The number of thiazole rings is 1. The first-order valence-corrected chi connectivity index (χ1v) is 11.1. The van der Waals surface area contributed by atoms with Crippen LogP contribution >= 0.6 is 11.3 Å². The molecule has 4 heterocycles. The lowest BCUT2D eigenvalue weighted by Gasteiger charge is -2.30. The van der Waals surface area contributed by atoms with Crippen LogP contribution in [0, 0.1) is 0 Å². The SMILES string of the molecule is O=C(Cc1csc(-c2ccco2)n1)Nc1ccc(N2CCCCC2)c2ccncc12. The van der Waals surface area contributed by atoms with Gasteiger partial charge in [0.15, 0.2) is 10.8 Å². The van der Waals surface area contributed by atoms with Crippen molar-refractivity contribution in [3.63, 3.8) is 0 Å². The molecule has 0 unspecified atom stereocenters. The van der Waals surface area contributed by atoms with E-state index >= 15 is 0 Å². The first-order chi connectivity index (χ1) is 14.8. The highest BCUT2D eigenvalue weighted by atomic mass is 32.1. The van der Waals surface area contributed by atoms with Crippen molar-refractivity contribution in [1.29, 1.82) is 0 Å². The Morgan fingerprint density at radius 2 is 2.03 bits per heavy atom. The van der Waals surface area contributed by atoms with Gasteiger partial charge in [0.05, 0.1) is 24.1 Å². The highest BCUT2D eigenvalue weighted by Crippen LogP contribution is 2.33. The number of furan rings is 1. The van der Waals surface area contributed by atoms with Crippen molar-refractivity contribution >= 4 is 39.4 Å². The highest BCUT2D eigenvalue weighted by Gasteiger charge is 2.17.